The molecule has 0 saturated carbocycles. The zero-order valence-electron chi connectivity index (χ0n) is 10.8. The quantitative estimate of drug-likeness (QED) is 0.796. The number of sulfonamides is 1. The number of nitrogens with two attached hydrogens (primary N) is 1. The third kappa shape index (κ3) is 3.97. The first-order valence-electron chi connectivity index (χ1n) is 6.11. The molecule has 0 radical (unpaired) electrons. The SMILES string of the molecule is NS(=O)(=O)c1ccccc1NCCOc1ccccc1. The Morgan fingerprint density at radius 3 is 2.35 bits per heavy atom. The Hall–Kier alpha value is -2.05. The fourth-order valence-electron chi connectivity index (χ4n) is 1.73. The highest BCUT2D eigenvalue weighted by Gasteiger charge is 2.12. The molecule has 0 saturated heterocycles. The number of benzene rings is 2. The van der Waals surface area contributed by atoms with Crippen LogP contribution in [0.5, 0.6) is 5.75 Å². The average Bonchev–Trinajstić information content (AvgIpc) is 2.44. The Kier molecular flexibility index (Phi) is 4.60. The molecule has 106 valence electrons. The molecule has 6 heteroatoms. The van der Waals surface area contributed by atoms with E-state index in [4.69, 9.17) is 9.88 Å². The number of hydrogen-bond acceptors (Lipinski definition) is 4. The molecule has 0 aliphatic carbocycles. The van der Waals surface area contributed by atoms with Crippen molar-refractivity contribution >= 4 is 15.7 Å². The van der Waals surface area contributed by atoms with Crippen molar-refractivity contribution < 1.29 is 13.2 Å². The summed E-state index contributed by atoms with van der Waals surface area (Å²) in [4.78, 5) is 0.0831. The number of primary sulfonamides is 1. The van der Waals surface area contributed by atoms with Gasteiger partial charge in [-0.2, -0.15) is 0 Å². The van der Waals surface area contributed by atoms with Crippen LogP contribution in [0.25, 0.3) is 0 Å². The number of hydrogen-bond donors (Lipinski definition) is 2. The Morgan fingerprint density at radius 1 is 1.00 bits per heavy atom. The lowest BCUT2D eigenvalue weighted by atomic mass is 10.3. The van der Waals surface area contributed by atoms with E-state index in [0.29, 0.717) is 18.8 Å². The molecule has 2 aromatic rings. The van der Waals surface area contributed by atoms with Gasteiger partial charge in [0.25, 0.3) is 0 Å². The van der Waals surface area contributed by atoms with Gasteiger partial charge in [-0.15, -0.1) is 0 Å². The molecule has 0 amide bonds. The summed E-state index contributed by atoms with van der Waals surface area (Å²) in [5.74, 6) is 0.772. The van der Waals surface area contributed by atoms with E-state index in [1.165, 1.54) is 6.07 Å². The zero-order valence-corrected chi connectivity index (χ0v) is 11.6. The standard InChI is InChI=1S/C14H16N2O3S/c15-20(17,18)14-9-5-4-8-13(14)16-10-11-19-12-6-2-1-3-7-12/h1-9,16H,10-11H2,(H2,15,17,18). The predicted octanol–water partition coefficient (Wildman–Crippen LogP) is 1.82. The van der Waals surface area contributed by atoms with E-state index in [1.54, 1.807) is 18.2 Å². The maximum Gasteiger partial charge on any atom is 0.240 e. The molecule has 0 unspecified atom stereocenters. The Bertz CT molecular complexity index is 657. The molecule has 0 bridgehead atoms. The Morgan fingerprint density at radius 2 is 1.65 bits per heavy atom. The first-order valence-corrected chi connectivity index (χ1v) is 7.65. The van der Waals surface area contributed by atoms with Crippen molar-refractivity contribution in [2.45, 2.75) is 4.90 Å². The molecule has 0 atom stereocenters. The second-order valence-electron chi connectivity index (χ2n) is 4.13. The molecule has 0 fully saturated rings. The summed E-state index contributed by atoms with van der Waals surface area (Å²) in [6, 6.07) is 15.9. The van der Waals surface area contributed by atoms with Crippen LogP contribution in [-0.2, 0) is 10.0 Å². The summed E-state index contributed by atoms with van der Waals surface area (Å²) in [5.41, 5.74) is 0.478. The fraction of sp³-hybridized carbons (Fsp3) is 0.143. The van der Waals surface area contributed by atoms with Crippen molar-refractivity contribution in [3.63, 3.8) is 0 Å². The van der Waals surface area contributed by atoms with Crippen molar-refractivity contribution in [2.24, 2.45) is 5.14 Å². The van der Waals surface area contributed by atoms with E-state index in [2.05, 4.69) is 5.32 Å². The van der Waals surface area contributed by atoms with E-state index in [-0.39, 0.29) is 4.90 Å². The summed E-state index contributed by atoms with van der Waals surface area (Å²) in [6.07, 6.45) is 0. The first-order chi connectivity index (χ1) is 9.57. The highest BCUT2D eigenvalue weighted by Crippen LogP contribution is 2.18. The van der Waals surface area contributed by atoms with E-state index < -0.39 is 10.0 Å². The van der Waals surface area contributed by atoms with Crippen LogP contribution in [0.2, 0.25) is 0 Å². The maximum atomic E-state index is 11.4. The van der Waals surface area contributed by atoms with Gasteiger partial charge in [0.1, 0.15) is 17.3 Å². The van der Waals surface area contributed by atoms with Crippen molar-refractivity contribution in [1.29, 1.82) is 0 Å². The van der Waals surface area contributed by atoms with Gasteiger partial charge in [0.05, 0.1) is 5.69 Å². The smallest absolute Gasteiger partial charge is 0.240 e. The normalized spacial score (nSPS) is 11.1. The molecule has 2 aromatic carbocycles. The summed E-state index contributed by atoms with van der Waals surface area (Å²) in [7, 11) is -3.73. The minimum absolute atomic E-state index is 0.0831. The Balaban J connectivity index is 1.92. The number of anilines is 1. The van der Waals surface area contributed by atoms with Gasteiger partial charge in [-0.1, -0.05) is 30.3 Å². The minimum Gasteiger partial charge on any atom is -0.492 e. The van der Waals surface area contributed by atoms with Gasteiger partial charge in [0.2, 0.25) is 10.0 Å². The molecule has 20 heavy (non-hydrogen) atoms. The molecule has 0 aliphatic rings. The number of rotatable bonds is 6. The van der Waals surface area contributed by atoms with Gasteiger partial charge in [0.15, 0.2) is 0 Å². The highest BCUT2D eigenvalue weighted by molar-refractivity contribution is 7.89. The highest BCUT2D eigenvalue weighted by atomic mass is 32.2. The summed E-state index contributed by atoms with van der Waals surface area (Å²) in [5, 5.41) is 8.16. The van der Waals surface area contributed by atoms with Crippen LogP contribution in [0.4, 0.5) is 5.69 Å². The predicted molar refractivity (Wildman–Crippen MR) is 78.2 cm³/mol. The van der Waals surface area contributed by atoms with Gasteiger partial charge < -0.3 is 10.1 Å². The monoisotopic (exact) mass is 292 g/mol. The number of nitrogens with one attached hydrogen (secondary N) is 1. The fourth-order valence-corrected chi connectivity index (χ4v) is 2.45. The van der Waals surface area contributed by atoms with Crippen LogP contribution < -0.4 is 15.2 Å². The van der Waals surface area contributed by atoms with E-state index >= 15 is 0 Å². The zero-order chi connectivity index (χ0) is 14.4. The van der Waals surface area contributed by atoms with Crippen LogP contribution in [0.3, 0.4) is 0 Å². The van der Waals surface area contributed by atoms with Crippen LogP contribution >= 0.6 is 0 Å². The minimum atomic E-state index is -3.73. The molecule has 3 N–H and O–H groups in total. The van der Waals surface area contributed by atoms with Crippen LogP contribution in [-0.4, -0.2) is 21.6 Å². The molecule has 0 aromatic heterocycles. The lowest BCUT2D eigenvalue weighted by Crippen LogP contribution is -2.17. The van der Waals surface area contributed by atoms with Gasteiger partial charge in [-0.3, -0.25) is 0 Å². The second-order valence-corrected chi connectivity index (χ2v) is 5.66. The van der Waals surface area contributed by atoms with E-state index in [9.17, 15) is 8.42 Å². The van der Waals surface area contributed by atoms with Gasteiger partial charge in [0, 0.05) is 6.54 Å². The second kappa shape index (κ2) is 6.40. The van der Waals surface area contributed by atoms with Crippen molar-refractivity contribution in [2.75, 3.05) is 18.5 Å². The van der Waals surface area contributed by atoms with Gasteiger partial charge >= 0.3 is 0 Å². The third-order valence-corrected chi connectivity index (χ3v) is 3.59. The van der Waals surface area contributed by atoms with Gasteiger partial charge in [-0.05, 0) is 24.3 Å². The van der Waals surface area contributed by atoms with Gasteiger partial charge in [-0.25, -0.2) is 13.6 Å². The van der Waals surface area contributed by atoms with Crippen molar-refractivity contribution in [3.8, 4) is 5.75 Å². The topological polar surface area (TPSA) is 81.4 Å². The molecule has 0 heterocycles. The average molecular weight is 292 g/mol. The molecule has 5 nitrogen and oxygen atoms in total. The van der Waals surface area contributed by atoms with E-state index in [1.807, 2.05) is 30.3 Å². The lowest BCUT2D eigenvalue weighted by molar-refractivity contribution is 0.333. The largest absolute Gasteiger partial charge is 0.492 e. The van der Waals surface area contributed by atoms with E-state index in [0.717, 1.165) is 5.75 Å². The first kappa shape index (κ1) is 14.4. The summed E-state index contributed by atoms with van der Waals surface area (Å²) < 4.78 is 28.3. The molecular formula is C14H16N2O3S. The summed E-state index contributed by atoms with van der Waals surface area (Å²) in [6.45, 7) is 0.893. The van der Waals surface area contributed by atoms with Crippen LogP contribution in [0.1, 0.15) is 0 Å². The maximum absolute atomic E-state index is 11.4. The molecule has 0 spiro atoms. The lowest BCUT2D eigenvalue weighted by Gasteiger charge is -2.11. The Labute approximate surface area is 118 Å². The van der Waals surface area contributed by atoms with Crippen molar-refractivity contribution in [3.05, 3.63) is 54.6 Å². The number of para-hydroxylation sites is 2. The number of ether oxygens (including phenoxy) is 1. The third-order valence-electron chi connectivity index (χ3n) is 2.62. The molecule has 2 rings (SSSR count). The molecule has 0 aliphatic heterocycles. The molecular weight excluding hydrogens is 276 g/mol. The summed E-state index contributed by atoms with van der Waals surface area (Å²) >= 11 is 0. The van der Waals surface area contributed by atoms with Crippen LogP contribution in [0.15, 0.2) is 59.5 Å². The van der Waals surface area contributed by atoms with Crippen LogP contribution in [0, 0.1) is 0 Å². The van der Waals surface area contributed by atoms with Crippen molar-refractivity contribution in [1.82, 2.24) is 0 Å².